The summed E-state index contributed by atoms with van der Waals surface area (Å²) >= 11 is 0. The summed E-state index contributed by atoms with van der Waals surface area (Å²) in [7, 11) is -4.27. The van der Waals surface area contributed by atoms with E-state index < -0.39 is 62.0 Å². The van der Waals surface area contributed by atoms with E-state index in [1.165, 1.54) is 23.8 Å². The van der Waals surface area contributed by atoms with Crippen molar-refractivity contribution in [3.8, 4) is 18.1 Å². The van der Waals surface area contributed by atoms with E-state index >= 15 is 0 Å². The Morgan fingerprint density at radius 1 is 1.35 bits per heavy atom. The van der Waals surface area contributed by atoms with Crippen LogP contribution >= 0.6 is 7.75 Å². The lowest BCUT2D eigenvalue weighted by Gasteiger charge is -2.28. The number of carbonyl (C=O) groups is 1. The van der Waals surface area contributed by atoms with Crippen molar-refractivity contribution in [1.82, 2.24) is 19.6 Å². The summed E-state index contributed by atoms with van der Waals surface area (Å²) in [5.74, 6) is 1.73. The fraction of sp³-hybridized carbons (Fsp3) is 0.400. The molecule has 0 aliphatic carbocycles. The highest BCUT2D eigenvalue weighted by molar-refractivity contribution is 7.52. The standard InChI is InChI=1S/C25H31N6O8P/c1-5-25(27)19(32)18(38-23(25)31-12-11-17-20(31)28-24(26)29-21(17)33)13-36-40(35,39-16-9-7-6-8-10-16)30-15(4)22(34)37-14(2)3/h1,6-12,14-15,18-19,23,32H,13,27H2,2-4H3,(H,30,35)(H3,26,28,29,33)/t15?,18-,19+,23-,25-,40?/m1/s1. The molecule has 40 heavy (non-hydrogen) atoms. The number of ether oxygens (including phenoxy) is 2. The molecule has 0 bridgehead atoms. The van der Waals surface area contributed by atoms with Gasteiger partial charge in [-0.05, 0) is 39.0 Å². The second-order valence-electron chi connectivity index (χ2n) is 9.49. The predicted molar refractivity (Wildman–Crippen MR) is 145 cm³/mol. The fourth-order valence-electron chi connectivity index (χ4n) is 4.14. The number of carbonyl (C=O) groups excluding carboxylic acids is 1. The Balaban J connectivity index is 1.59. The molecule has 3 heterocycles. The van der Waals surface area contributed by atoms with E-state index in [4.69, 9.17) is 36.4 Å². The number of nitrogen functional groups attached to an aromatic ring is 1. The van der Waals surface area contributed by atoms with Crippen LogP contribution in [0.1, 0.15) is 27.0 Å². The number of anilines is 1. The van der Waals surface area contributed by atoms with Gasteiger partial charge in [0.25, 0.3) is 5.56 Å². The normalized spacial score (nSPS) is 24.9. The van der Waals surface area contributed by atoms with Crippen molar-refractivity contribution in [2.45, 2.75) is 56.9 Å². The lowest BCUT2D eigenvalue weighted by molar-refractivity contribution is -0.149. The number of hydrogen-bond acceptors (Lipinski definition) is 11. The zero-order valence-corrected chi connectivity index (χ0v) is 22.9. The van der Waals surface area contributed by atoms with Crippen molar-refractivity contribution in [2.75, 3.05) is 12.3 Å². The van der Waals surface area contributed by atoms with Crippen LogP contribution in [-0.2, 0) is 23.4 Å². The molecular formula is C25H31N6O8P. The minimum Gasteiger partial charge on any atom is -0.462 e. The third-order valence-corrected chi connectivity index (χ3v) is 7.73. The van der Waals surface area contributed by atoms with E-state index in [1.807, 2.05) is 0 Å². The Morgan fingerprint density at radius 3 is 2.70 bits per heavy atom. The molecule has 0 amide bonds. The van der Waals surface area contributed by atoms with E-state index in [9.17, 15) is 19.3 Å². The first kappa shape index (κ1) is 29.3. The van der Waals surface area contributed by atoms with Gasteiger partial charge < -0.3 is 35.1 Å². The number of aliphatic hydroxyl groups is 1. The summed E-state index contributed by atoms with van der Waals surface area (Å²) < 4.78 is 37.6. The van der Waals surface area contributed by atoms with Crippen molar-refractivity contribution >= 4 is 30.7 Å². The van der Waals surface area contributed by atoms with E-state index in [2.05, 4.69) is 21.0 Å². The summed E-state index contributed by atoms with van der Waals surface area (Å²) in [6.07, 6.45) is 2.84. The number of hydrogen-bond donors (Lipinski definition) is 5. The maximum absolute atomic E-state index is 13.8. The third-order valence-electron chi connectivity index (χ3n) is 6.09. The number of nitrogens with one attached hydrogen (secondary N) is 2. The average Bonchev–Trinajstić information content (AvgIpc) is 3.42. The minimum absolute atomic E-state index is 0.127. The molecule has 6 atom stereocenters. The number of esters is 1. The number of aromatic amines is 1. The highest BCUT2D eigenvalue weighted by Crippen LogP contribution is 2.47. The molecule has 0 spiro atoms. The van der Waals surface area contributed by atoms with Crippen molar-refractivity contribution < 1.29 is 33.0 Å². The second kappa shape index (κ2) is 11.4. The van der Waals surface area contributed by atoms with Crippen LogP contribution in [0.2, 0.25) is 0 Å². The van der Waals surface area contributed by atoms with Gasteiger partial charge in [-0.2, -0.15) is 10.1 Å². The third kappa shape index (κ3) is 5.90. The summed E-state index contributed by atoms with van der Waals surface area (Å²) in [6.45, 7) is 4.27. The second-order valence-corrected chi connectivity index (χ2v) is 11.2. The van der Waals surface area contributed by atoms with Crippen molar-refractivity contribution in [1.29, 1.82) is 0 Å². The first-order valence-corrected chi connectivity index (χ1v) is 13.8. The smallest absolute Gasteiger partial charge is 0.459 e. The Kier molecular flexibility index (Phi) is 8.36. The number of aliphatic hydroxyl groups excluding tert-OH is 1. The minimum atomic E-state index is -4.27. The number of para-hydroxylation sites is 1. The van der Waals surface area contributed by atoms with Gasteiger partial charge in [-0.1, -0.05) is 24.1 Å². The maximum Gasteiger partial charge on any atom is 0.459 e. The molecule has 214 valence electrons. The van der Waals surface area contributed by atoms with Crippen LogP contribution in [0.15, 0.2) is 47.4 Å². The molecule has 0 saturated carbocycles. The van der Waals surface area contributed by atoms with E-state index in [0.29, 0.717) is 0 Å². The number of aromatic nitrogens is 3. The topological polar surface area (TPSA) is 206 Å². The molecule has 4 rings (SSSR count). The molecule has 1 aromatic carbocycles. The Labute approximate surface area is 229 Å². The average molecular weight is 575 g/mol. The van der Waals surface area contributed by atoms with Crippen molar-refractivity contribution in [3.05, 3.63) is 52.9 Å². The molecule has 15 heteroatoms. The van der Waals surface area contributed by atoms with Gasteiger partial charge >= 0.3 is 13.7 Å². The fourth-order valence-corrected chi connectivity index (χ4v) is 5.65. The van der Waals surface area contributed by atoms with Gasteiger partial charge in [0.2, 0.25) is 5.95 Å². The van der Waals surface area contributed by atoms with Crippen molar-refractivity contribution in [3.63, 3.8) is 0 Å². The predicted octanol–water partition coefficient (Wildman–Crippen LogP) is 1.03. The largest absolute Gasteiger partial charge is 0.462 e. The highest BCUT2D eigenvalue weighted by atomic mass is 31.2. The van der Waals surface area contributed by atoms with Gasteiger partial charge in [0.05, 0.1) is 18.1 Å². The maximum atomic E-state index is 13.8. The van der Waals surface area contributed by atoms with Crippen LogP contribution in [0.25, 0.3) is 11.0 Å². The lowest BCUT2D eigenvalue weighted by atomic mass is 9.92. The SMILES string of the molecule is C#C[C@@]1(N)[C@@H](O)[C@@H](COP(=O)(NC(C)C(=O)OC(C)C)Oc2ccccc2)O[C@H]1n1ccc2c(=O)[nH]c(N)nc21. The lowest BCUT2D eigenvalue weighted by Crippen LogP contribution is -2.53. The number of rotatable bonds is 10. The summed E-state index contributed by atoms with van der Waals surface area (Å²) in [5, 5.41) is 13.8. The Morgan fingerprint density at radius 2 is 2.05 bits per heavy atom. The van der Waals surface area contributed by atoms with Crippen LogP contribution in [-0.4, -0.2) is 62.1 Å². The number of terminal acetylenes is 1. The molecule has 1 aliphatic heterocycles. The molecule has 0 radical (unpaired) electrons. The van der Waals surface area contributed by atoms with E-state index in [0.717, 1.165) is 0 Å². The monoisotopic (exact) mass is 574 g/mol. The molecule has 1 saturated heterocycles. The summed E-state index contributed by atoms with van der Waals surface area (Å²) in [6, 6.07) is 8.54. The molecule has 14 nitrogen and oxygen atoms in total. The molecular weight excluding hydrogens is 543 g/mol. The first-order valence-electron chi connectivity index (χ1n) is 12.3. The Hall–Kier alpha value is -3.70. The van der Waals surface area contributed by atoms with Crippen LogP contribution in [0.3, 0.4) is 0 Å². The summed E-state index contributed by atoms with van der Waals surface area (Å²) in [5.41, 5.74) is 9.95. The molecule has 3 aromatic rings. The van der Waals surface area contributed by atoms with Gasteiger partial charge in [-0.3, -0.25) is 19.1 Å². The Bertz CT molecular complexity index is 1520. The molecule has 1 fully saturated rings. The van der Waals surface area contributed by atoms with Gasteiger partial charge in [0.15, 0.2) is 17.4 Å². The molecule has 2 unspecified atom stereocenters. The molecule has 1 aliphatic rings. The van der Waals surface area contributed by atoms with Gasteiger partial charge in [0.1, 0.15) is 24.0 Å². The quantitative estimate of drug-likeness (QED) is 0.131. The molecule has 2 aromatic heterocycles. The zero-order valence-electron chi connectivity index (χ0n) is 22.0. The van der Waals surface area contributed by atoms with Crippen LogP contribution < -0.4 is 26.6 Å². The van der Waals surface area contributed by atoms with E-state index in [1.54, 1.807) is 44.2 Å². The zero-order chi connectivity index (χ0) is 29.2. The van der Waals surface area contributed by atoms with E-state index in [-0.39, 0.29) is 22.7 Å². The van der Waals surface area contributed by atoms with Gasteiger partial charge in [-0.15, -0.1) is 6.42 Å². The number of nitrogens with two attached hydrogens (primary N) is 2. The number of benzene rings is 1. The number of nitrogens with zero attached hydrogens (tertiary/aromatic N) is 2. The van der Waals surface area contributed by atoms with Crippen LogP contribution in [0.4, 0.5) is 5.95 Å². The van der Waals surface area contributed by atoms with Crippen LogP contribution in [0.5, 0.6) is 5.75 Å². The first-order chi connectivity index (χ1) is 18.9. The molecule has 7 N–H and O–H groups in total. The van der Waals surface area contributed by atoms with Crippen LogP contribution in [0, 0.1) is 12.3 Å². The number of H-pyrrole nitrogens is 1. The number of fused-ring (bicyclic) bond motifs is 1. The van der Waals surface area contributed by atoms with Crippen molar-refractivity contribution in [2.24, 2.45) is 5.73 Å². The highest BCUT2D eigenvalue weighted by Gasteiger charge is 2.55. The van der Waals surface area contributed by atoms with Gasteiger partial charge in [-0.25, -0.2) is 4.57 Å². The summed E-state index contributed by atoms with van der Waals surface area (Å²) in [4.78, 5) is 31.2. The van der Waals surface area contributed by atoms with Gasteiger partial charge in [0, 0.05) is 6.20 Å².